The van der Waals surface area contributed by atoms with Crippen LogP contribution in [0.1, 0.15) is 12.6 Å². The SMILES string of the molecule is CCc1nn2c(N)c(-c3nc(O)cs3)nnc2c1-c1ccc(Cl)cc1. The van der Waals surface area contributed by atoms with Gasteiger partial charge >= 0.3 is 0 Å². The number of aromatic nitrogens is 5. The van der Waals surface area contributed by atoms with E-state index < -0.39 is 0 Å². The zero-order valence-corrected chi connectivity index (χ0v) is 14.7. The number of hydrogen-bond donors (Lipinski definition) is 2. The number of thiazole rings is 1. The molecule has 0 saturated heterocycles. The van der Waals surface area contributed by atoms with E-state index in [1.807, 2.05) is 31.2 Å². The van der Waals surface area contributed by atoms with Gasteiger partial charge in [-0.2, -0.15) is 14.6 Å². The number of nitrogen functional groups attached to an aromatic ring is 1. The van der Waals surface area contributed by atoms with Gasteiger partial charge in [0.25, 0.3) is 0 Å². The topological polar surface area (TPSA) is 102 Å². The summed E-state index contributed by atoms with van der Waals surface area (Å²) >= 11 is 7.23. The summed E-state index contributed by atoms with van der Waals surface area (Å²) in [6.07, 6.45) is 0.716. The molecule has 3 aromatic heterocycles. The van der Waals surface area contributed by atoms with Crippen LogP contribution in [0.3, 0.4) is 0 Å². The molecule has 0 amide bonds. The van der Waals surface area contributed by atoms with E-state index in [0.717, 1.165) is 16.8 Å². The monoisotopic (exact) mass is 372 g/mol. The standard InChI is InChI=1S/C16H13ClN6OS/c1-2-10-12(8-3-5-9(17)6-4-8)15-21-20-13(14(18)23(15)22-10)16-19-11(24)7-25-16/h3-7,24H,2,18H2,1H3. The molecule has 7 nitrogen and oxygen atoms in total. The molecule has 0 radical (unpaired) electrons. The summed E-state index contributed by atoms with van der Waals surface area (Å²) < 4.78 is 1.57. The van der Waals surface area contributed by atoms with Crippen LogP contribution in [0.25, 0.3) is 27.5 Å². The highest BCUT2D eigenvalue weighted by molar-refractivity contribution is 7.13. The Morgan fingerprint density at radius 1 is 1.24 bits per heavy atom. The maximum Gasteiger partial charge on any atom is 0.222 e. The minimum absolute atomic E-state index is 0.0714. The van der Waals surface area contributed by atoms with Crippen LogP contribution in [0.2, 0.25) is 5.02 Å². The maximum atomic E-state index is 9.45. The predicted octanol–water partition coefficient (Wildman–Crippen LogP) is 3.42. The summed E-state index contributed by atoms with van der Waals surface area (Å²) in [6.45, 7) is 2.02. The molecule has 0 unspecified atom stereocenters. The van der Waals surface area contributed by atoms with Crippen LogP contribution < -0.4 is 5.73 Å². The van der Waals surface area contributed by atoms with Crippen LogP contribution in [0, 0.1) is 0 Å². The second-order valence-electron chi connectivity index (χ2n) is 5.36. The summed E-state index contributed by atoms with van der Waals surface area (Å²) in [6, 6.07) is 7.49. The molecule has 0 fully saturated rings. The van der Waals surface area contributed by atoms with Crippen molar-refractivity contribution in [3.05, 3.63) is 40.4 Å². The number of aryl methyl sites for hydroxylation is 1. The zero-order chi connectivity index (χ0) is 17.6. The third-order valence-electron chi connectivity index (χ3n) is 3.81. The van der Waals surface area contributed by atoms with E-state index in [0.29, 0.717) is 33.6 Å². The Labute approximate surface area is 151 Å². The van der Waals surface area contributed by atoms with Crippen LogP contribution in [-0.2, 0) is 6.42 Å². The van der Waals surface area contributed by atoms with Gasteiger partial charge in [-0.15, -0.1) is 21.5 Å². The van der Waals surface area contributed by atoms with Crippen molar-refractivity contribution >= 4 is 34.4 Å². The van der Waals surface area contributed by atoms with Crippen molar-refractivity contribution in [2.45, 2.75) is 13.3 Å². The van der Waals surface area contributed by atoms with Crippen LogP contribution in [0.4, 0.5) is 5.82 Å². The molecule has 1 aromatic carbocycles. The molecule has 0 aliphatic heterocycles. The van der Waals surface area contributed by atoms with Gasteiger partial charge in [0.2, 0.25) is 5.88 Å². The number of halogens is 1. The highest BCUT2D eigenvalue weighted by Crippen LogP contribution is 2.33. The highest BCUT2D eigenvalue weighted by Gasteiger charge is 2.20. The molecule has 3 N–H and O–H groups in total. The molecule has 0 saturated carbocycles. The lowest BCUT2D eigenvalue weighted by molar-refractivity contribution is 0.458. The van der Waals surface area contributed by atoms with Crippen molar-refractivity contribution in [3.8, 4) is 27.7 Å². The van der Waals surface area contributed by atoms with Crippen molar-refractivity contribution in [1.82, 2.24) is 24.8 Å². The van der Waals surface area contributed by atoms with Crippen molar-refractivity contribution in [1.29, 1.82) is 0 Å². The van der Waals surface area contributed by atoms with Crippen LogP contribution in [0.5, 0.6) is 5.88 Å². The largest absolute Gasteiger partial charge is 0.493 e. The molecule has 0 aliphatic rings. The Morgan fingerprint density at radius 3 is 2.64 bits per heavy atom. The normalized spacial score (nSPS) is 11.3. The lowest BCUT2D eigenvalue weighted by Gasteiger charge is -2.04. The van der Waals surface area contributed by atoms with E-state index >= 15 is 0 Å². The van der Waals surface area contributed by atoms with Gasteiger partial charge in [-0.1, -0.05) is 30.7 Å². The Bertz CT molecular complexity index is 1070. The molecule has 0 spiro atoms. The first kappa shape index (κ1) is 15.8. The Kier molecular flexibility index (Phi) is 3.78. The van der Waals surface area contributed by atoms with Crippen molar-refractivity contribution in [3.63, 3.8) is 0 Å². The number of hydrogen-bond acceptors (Lipinski definition) is 7. The van der Waals surface area contributed by atoms with Gasteiger partial charge in [-0.25, -0.2) is 0 Å². The van der Waals surface area contributed by atoms with Crippen molar-refractivity contribution in [2.24, 2.45) is 0 Å². The second-order valence-corrected chi connectivity index (χ2v) is 6.66. The number of anilines is 1. The van der Waals surface area contributed by atoms with E-state index in [1.165, 1.54) is 16.7 Å². The average Bonchev–Trinajstić information content (AvgIpc) is 3.20. The lowest BCUT2D eigenvalue weighted by atomic mass is 10.0. The number of rotatable bonds is 3. The number of benzene rings is 1. The number of aromatic hydroxyl groups is 1. The predicted molar refractivity (Wildman–Crippen MR) is 97.8 cm³/mol. The fraction of sp³-hybridized carbons (Fsp3) is 0.125. The van der Waals surface area contributed by atoms with Gasteiger partial charge in [0, 0.05) is 5.02 Å². The molecule has 4 rings (SSSR count). The molecule has 3 heterocycles. The quantitative estimate of drug-likeness (QED) is 0.571. The van der Waals surface area contributed by atoms with Gasteiger partial charge < -0.3 is 10.8 Å². The fourth-order valence-corrected chi connectivity index (χ4v) is 3.45. The van der Waals surface area contributed by atoms with Crippen molar-refractivity contribution < 1.29 is 5.11 Å². The first-order chi connectivity index (χ1) is 12.1. The van der Waals surface area contributed by atoms with Crippen LogP contribution >= 0.6 is 22.9 Å². The maximum absolute atomic E-state index is 9.45. The minimum Gasteiger partial charge on any atom is -0.493 e. The summed E-state index contributed by atoms with van der Waals surface area (Å²) in [5, 5.41) is 25.2. The Hall–Kier alpha value is -2.71. The Balaban J connectivity index is 1.96. The van der Waals surface area contributed by atoms with Crippen molar-refractivity contribution in [2.75, 3.05) is 5.73 Å². The van der Waals surface area contributed by atoms with E-state index in [-0.39, 0.29) is 5.88 Å². The number of fused-ring (bicyclic) bond motifs is 1. The van der Waals surface area contributed by atoms with Gasteiger partial charge in [0.1, 0.15) is 0 Å². The first-order valence-corrected chi connectivity index (χ1v) is 8.78. The van der Waals surface area contributed by atoms with E-state index in [9.17, 15) is 5.11 Å². The molecule has 0 atom stereocenters. The summed E-state index contributed by atoms with van der Waals surface area (Å²) in [4.78, 5) is 4.00. The molecule has 0 bridgehead atoms. The van der Waals surface area contributed by atoms with Gasteiger partial charge in [0.05, 0.1) is 16.6 Å². The summed E-state index contributed by atoms with van der Waals surface area (Å²) in [7, 11) is 0. The van der Waals surface area contributed by atoms with E-state index in [1.54, 1.807) is 4.52 Å². The fourth-order valence-electron chi connectivity index (χ4n) is 2.65. The molecule has 4 aromatic rings. The number of nitrogens with two attached hydrogens (primary N) is 1. The third-order valence-corrected chi connectivity index (χ3v) is 4.90. The summed E-state index contributed by atoms with van der Waals surface area (Å²) in [5.41, 5.74) is 9.92. The van der Waals surface area contributed by atoms with Crippen LogP contribution in [0.15, 0.2) is 29.6 Å². The molecule has 0 aliphatic carbocycles. The third kappa shape index (κ3) is 2.59. The molecule has 126 valence electrons. The Morgan fingerprint density at radius 2 is 2.00 bits per heavy atom. The average molecular weight is 373 g/mol. The van der Waals surface area contributed by atoms with Gasteiger partial charge in [-0.05, 0) is 24.1 Å². The van der Waals surface area contributed by atoms with E-state index in [4.69, 9.17) is 17.3 Å². The zero-order valence-electron chi connectivity index (χ0n) is 13.1. The second kappa shape index (κ2) is 5.98. The number of nitrogens with zero attached hydrogens (tertiary/aromatic N) is 5. The first-order valence-electron chi connectivity index (χ1n) is 7.53. The van der Waals surface area contributed by atoms with Crippen LogP contribution in [-0.4, -0.2) is 29.9 Å². The molecular formula is C16H13ClN6OS. The van der Waals surface area contributed by atoms with Gasteiger partial charge in [0.15, 0.2) is 22.2 Å². The molecule has 9 heteroatoms. The molecule has 25 heavy (non-hydrogen) atoms. The minimum atomic E-state index is -0.0714. The lowest BCUT2D eigenvalue weighted by Crippen LogP contribution is -2.05. The van der Waals surface area contributed by atoms with E-state index in [2.05, 4.69) is 20.3 Å². The molecular weight excluding hydrogens is 360 g/mol. The van der Waals surface area contributed by atoms with Gasteiger partial charge in [-0.3, -0.25) is 0 Å². The smallest absolute Gasteiger partial charge is 0.222 e. The highest BCUT2D eigenvalue weighted by atomic mass is 35.5. The summed E-state index contributed by atoms with van der Waals surface area (Å²) in [5.74, 6) is 0.257.